The number of ether oxygens (including phenoxy) is 2. The molecule has 22 heavy (non-hydrogen) atoms. The van der Waals surface area contributed by atoms with Crippen molar-refractivity contribution >= 4 is 22.8 Å². The van der Waals surface area contributed by atoms with Crippen molar-refractivity contribution < 1.29 is 19.1 Å². The van der Waals surface area contributed by atoms with Crippen molar-refractivity contribution in [3.8, 4) is 11.5 Å². The van der Waals surface area contributed by atoms with Gasteiger partial charge in [-0.3, -0.25) is 0 Å². The summed E-state index contributed by atoms with van der Waals surface area (Å²) in [5.41, 5.74) is 8.62. The molecule has 2 heterocycles. The lowest BCUT2D eigenvalue weighted by Crippen LogP contribution is -2.14. The molecule has 0 saturated heterocycles. The molecule has 2 N–H and O–H groups in total. The van der Waals surface area contributed by atoms with Gasteiger partial charge in [0.05, 0.1) is 5.52 Å². The van der Waals surface area contributed by atoms with Crippen molar-refractivity contribution in [2.45, 2.75) is 13.3 Å². The van der Waals surface area contributed by atoms with E-state index >= 15 is 0 Å². The van der Waals surface area contributed by atoms with Gasteiger partial charge >= 0.3 is 11.9 Å². The van der Waals surface area contributed by atoms with Crippen LogP contribution >= 0.6 is 0 Å². The van der Waals surface area contributed by atoms with Gasteiger partial charge in [-0.2, -0.15) is 0 Å². The number of aryl methyl sites for hydroxylation is 1. The number of carbonyl (C=O) groups is 2. The maximum atomic E-state index is 11.8. The highest BCUT2D eigenvalue weighted by Gasteiger charge is 2.23. The predicted molar refractivity (Wildman–Crippen MR) is 80.8 cm³/mol. The smallest absolute Gasteiger partial charge is 0.336 e. The molecular weight excluding hydrogens is 284 g/mol. The highest BCUT2D eigenvalue weighted by atomic mass is 16.6. The average molecular weight is 300 g/mol. The van der Waals surface area contributed by atoms with Gasteiger partial charge in [0.25, 0.3) is 0 Å². The van der Waals surface area contributed by atoms with Gasteiger partial charge < -0.3 is 19.8 Å². The number of benzene rings is 1. The number of nitrogens with two attached hydrogens (primary N) is 1. The lowest BCUT2D eigenvalue weighted by molar-refractivity contribution is -0.133. The van der Waals surface area contributed by atoms with Crippen LogP contribution in [0.5, 0.6) is 11.5 Å². The van der Waals surface area contributed by atoms with Crippen LogP contribution < -0.4 is 15.2 Å². The highest BCUT2D eigenvalue weighted by molar-refractivity contribution is 6.00. The van der Waals surface area contributed by atoms with Crippen LogP contribution in [-0.4, -0.2) is 23.1 Å². The van der Waals surface area contributed by atoms with Crippen LogP contribution in [-0.2, 0) is 23.1 Å². The molecule has 114 valence electrons. The zero-order chi connectivity index (χ0) is 15.9. The largest absolute Gasteiger partial charge is 0.419 e. The molecule has 0 bridgehead atoms. The number of aromatic nitrogens is 1. The molecule has 0 amide bonds. The Balaban J connectivity index is 2.33. The van der Waals surface area contributed by atoms with Crippen molar-refractivity contribution in [2.24, 2.45) is 12.8 Å². The number of fused-ring (bicyclic) bond motifs is 3. The summed E-state index contributed by atoms with van der Waals surface area (Å²) in [7, 11) is 1.93. The Morgan fingerprint density at radius 3 is 2.50 bits per heavy atom. The molecule has 1 aromatic heterocycles. The molecule has 6 nitrogen and oxygen atoms in total. The van der Waals surface area contributed by atoms with E-state index in [-0.39, 0.29) is 11.5 Å². The van der Waals surface area contributed by atoms with E-state index in [4.69, 9.17) is 15.2 Å². The highest BCUT2D eigenvalue weighted by Crippen LogP contribution is 2.41. The molecule has 0 radical (unpaired) electrons. The van der Waals surface area contributed by atoms with Gasteiger partial charge in [-0.15, -0.1) is 0 Å². The number of hydrogen-bond acceptors (Lipinski definition) is 5. The van der Waals surface area contributed by atoms with E-state index in [1.165, 1.54) is 0 Å². The molecule has 1 aliphatic heterocycles. The van der Waals surface area contributed by atoms with Crippen LogP contribution in [0.15, 0.2) is 24.3 Å². The third kappa shape index (κ3) is 2.17. The Morgan fingerprint density at radius 1 is 1.14 bits per heavy atom. The van der Waals surface area contributed by atoms with Gasteiger partial charge in [0.15, 0.2) is 11.5 Å². The van der Waals surface area contributed by atoms with Gasteiger partial charge in [0.2, 0.25) is 0 Å². The Bertz CT molecular complexity index is 817. The zero-order valence-corrected chi connectivity index (χ0v) is 12.4. The van der Waals surface area contributed by atoms with Gasteiger partial charge in [0, 0.05) is 30.3 Å². The fourth-order valence-electron chi connectivity index (χ4n) is 2.73. The van der Waals surface area contributed by atoms with E-state index in [0.29, 0.717) is 13.0 Å². The van der Waals surface area contributed by atoms with E-state index in [2.05, 4.69) is 0 Å². The standard InChI is InChI=1S/C16H16N2O4/c1-9-10(7-8-17)15-11(18(9)2)3-4-12-16(15)22-14(20)6-5-13(19)21-12/h3-6H,7-8,17H2,1-2H3/b6-5+. The summed E-state index contributed by atoms with van der Waals surface area (Å²) >= 11 is 0. The second-order valence-electron chi connectivity index (χ2n) is 5.12. The van der Waals surface area contributed by atoms with Crippen LogP contribution in [0, 0.1) is 6.92 Å². The van der Waals surface area contributed by atoms with E-state index in [0.717, 1.165) is 34.3 Å². The maximum Gasteiger partial charge on any atom is 0.336 e. The predicted octanol–water partition coefficient (Wildman–Crippen LogP) is 1.37. The summed E-state index contributed by atoms with van der Waals surface area (Å²) in [6.07, 6.45) is 2.75. The van der Waals surface area contributed by atoms with Crippen molar-refractivity contribution in [2.75, 3.05) is 6.54 Å². The monoisotopic (exact) mass is 300 g/mol. The summed E-state index contributed by atoms with van der Waals surface area (Å²) < 4.78 is 12.6. The molecule has 6 heteroatoms. The van der Waals surface area contributed by atoms with Crippen molar-refractivity contribution in [3.63, 3.8) is 0 Å². The normalized spacial score (nSPS) is 15.8. The number of nitrogens with zero attached hydrogens (tertiary/aromatic N) is 1. The van der Waals surface area contributed by atoms with Gasteiger partial charge in [-0.25, -0.2) is 9.59 Å². The van der Waals surface area contributed by atoms with E-state index in [1.807, 2.05) is 24.6 Å². The maximum absolute atomic E-state index is 11.8. The summed E-state index contributed by atoms with van der Waals surface area (Å²) in [6, 6.07) is 3.47. The molecular formula is C16H16N2O4. The van der Waals surface area contributed by atoms with Crippen LogP contribution in [0.3, 0.4) is 0 Å². The van der Waals surface area contributed by atoms with E-state index in [1.54, 1.807) is 6.07 Å². The van der Waals surface area contributed by atoms with Crippen molar-refractivity contribution in [3.05, 3.63) is 35.5 Å². The summed E-state index contributed by atoms with van der Waals surface area (Å²) in [5, 5.41) is 0.763. The topological polar surface area (TPSA) is 83.5 Å². The Morgan fingerprint density at radius 2 is 1.82 bits per heavy atom. The van der Waals surface area contributed by atoms with Crippen LogP contribution in [0.1, 0.15) is 11.3 Å². The average Bonchev–Trinajstić information content (AvgIpc) is 2.72. The quantitative estimate of drug-likeness (QED) is 0.669. The number of esters is 2. The summed E-state index contributed by atoms with van der Waals surface area (Å²) in [5.74, 6) is -0.706. The number of hydrogen-bond donors (Lipinski definition) is 1. The second kappa shape index (κ2) is 5.31. The van der Waals surface area contributed by atoms with Crippen molar-refractivity contribution in [1.82, 2.24) is 4.57 Å². The fraction of sp³-hybridized carbons (Fsp3) is 0.250. The van der Waals surface area contributed by atoms with Crippen LogP contribution in [0.25, 0.3) is 10.9 Å². The minimum Gasteiger partial charge on any atom is -0.419 e. The minimum absolute atomic E-state index is 0.235. The van der Waals surface area contributed by atoms with E-state index in [9.17, 15) is 9.59 Å². The SMILES string of the molecule is Cc1c(CCN)c2c3c(ccc2n1C)OC(=O)/C=C/C(=O)O3. The molecule has 3 rings (SSSR count). The third-order valence-electron chi connectivity index (χ3n) is 3.87. The molecule has 0 fully saturated rings. The molecule has 0 aliphatic carbocycles. The first-order chi connectivity index (χ1) is 10.5. The minimum atomic E-state index is -0.606. The van der Waals surface area contributed by atoms with Gasteiger partial charge in [0.1, 0.15) is 0 Å². The molecule has 0 unspecified atom stereocenters. The summed E-state index contributed by atoms with van der Waals surface area (Å²) in [6.45, 7) is 2.45. The first-order valence-electron chi connectivity index (χ1n) is 6.95. The Labute approximate surface area is 127 Å². The molecule has 2 aromatic rings. The molecule has 0 saturated carbocycles. The first kappa shape index (κ1) is 14.3. The summed E-state index contributed by atoms with van der Waals surface area (Å²) in [4.78, 5) is 23.4. The van der Waals surface area contributed by atoms with E-state index < -0.39 is 11.9 Å². The third-order valence-corrected chi connectivity index (χ3v) is 3.87. The first-order valence-corrected chi connectivity index (χ1v) is 6.95. The van der Waals surface area contributed by atoms with Crippen molar-refractivity contribution in [1.29, 1.82) is 0 Å². The lowest BCUT2D eigenvalue weighted by Gasteiger charge is -2.13. The fourth-order valence-corrected chi connectivity index (χ4v) is 2.73. The molecule has 1 aromatic carbocycles. The Kier molecular flexibility index (Phi) is 3.46. The Hall–Kier alpha value is -2.60. The second-order valence-corrected chi connectivity index (χ2v) is 5.12. The molecule has 0 atom stereocenters. The molecule has 1 aliphatic rings. The van der Waals surface area contributed by atoms with Gasteiger partial charge in [-0.05, 0) is 37.6 Å². The zero-order valence-electron chi connectivity index (χ0n) is 12.4. The lowest BCUT2D eigenvalue weighted by atomic mass is 10.1. The van der Waals surface area contributed by atoms with Crippen LogP contribution in [0.2, 0.25) is 0 Å². The number of rotatable bonds is 2. The van der Waals surface area contributed by atoms with Gasteiger partial charge in [-0.1, -0.05) is 0 Å². The van der Waals surface area contributed by atoms with Crippen LogP contribution in [0.4, 0.5) is 0 Å². The number of carbonyl (C=O) groups excluding carboxylic acids is 2. The molecule has 0 spiro atoms.